The minimum atomic E-state index is -0.323. The van der Waals surface area contributed by atoms with Crippen LogP contribution in [0.2, 0.25) is 0 Å². The highest BCUT2D eigenvalue weighted by Crippen LogP contribution is 2.41. The van der Waals surface area contributed by atoms with Gasteiger partial charge in [0.1, 0.15) is 0 Å². The maximum Gasteiger partial charge on any atom is 0.339 e. The third-order valence-corrected chi connectivity index (χ3v) is 11.4. The number of nitrogen functional groups attached to an aromatic ring is 1. The number of carbonyl (C=O) groups is 1. The number of fused-ring (bicyclic) bond motifs is 2. The van der Waals surface area contributed by atoms with Crippen molar-refractivity contribution in [1.29, 1.82) is 0 Å². The van der Waals surface area contributed by atoms with Crippen molar-refractivity contribution >= 4 is 33.5 Å². The molecule has 1 fully saturated rings. The van der Waals surface area contributed by atoms with Crippen molar-refractivity contribution in [2.24, 2.45) is 14.1 Å². The van der Waals surface area contributed by atoms with Crippen LogP contribution < -0.4 is 5.73 Å². The zero-order valence-corrected chi connectivity index (χ0v) is 33.6. The Kier molecular flexibility index (Phi) is 10.1. The summed E-state index contributed by atoms with van der Waals surface area (Å²) in [5.41, 5.74) is 22.4. The smallest absolute Gasteiger partial charge is 0.339 e. The fraction of sp³-hybridized carbons (Fsp3) is 0.132. The molecule has 9 aromatic rings. The molecule has 0 unspecified atom stereocenters. The topological polar surface area (TPSA) is 75.1 Å². The molecule has 0 spiro atoms. The Hall–Kier alpha value is -7.18. The number of esters is 1. The van der Waals surface area contributed by atoms with Crippen LogP contribution in [0.3, 0.4) is 0 Å². The van der Waals surface area contributed by atoms with Gasteiger partial charge in [-0.05, 0) is 118 Å². The lowest BCUT2D eigenvalue weighted by Gasteiger charge is -2.13. The van der Waals surface area contributed by atoms with Crippen LogP contribution in [0.15, 0.2) is 170 Å². The van der Waals surface area contributed by atoms with Crippen molar-refractivity contribution in [3.05, 3.63) is 193 Å². The number of rotatable bonds is 8. The Morgan fingerprint density at radius 2 is 1.15 bits per heavy atom. The predicted octanol–water partition coefficient (Wildman–Crippen LogP) is 12.3. The summed E-state index contributed by atoms with van der Waals surface area (Å²) in [5, 5.41) is 2.34. The van der Waals surface area contributed by atoms with Crippen molar-refractivity contribution in [2.45, 2.75) is 25.2 Å². The van der Waals surface area contributed by atoms with Crippen molar-refractivity contribution in [1.82, 2.24) is 14.1 Å². The number of aryl methyl sites for hydroxylation is 2. The molecule has 2 N–H and O–H groups in total. The molecule has 0 amide bonds. The maximum absolute atomic E-state index is 12.6. The number of ether oxygens (including phenoxy) is 1. The molecule has 3 heterocycles. The van der Waals surface area contributed by atoms with Gasteiger partial charge in [0, 0.05) is 66.7 Å². The lowest BCUT2D eigenvalue weighted by Crippen LogP contribution is -2.09. The van der Waals surface area contributed by atoms with E-state index >= 15 is 0 Å². The molecule has 0 aliphatic heterocycles. The molecular formula is C53H46N4O2. The average Bonchev–Trinajstić information content (AvgIpc) is 3.98. The largest absolute Gasteiger partial charge is 0.465 e. The molecule has 6 heteroatoms. The van der Waals surface area contributed by atoms with Crippen LogP contribution in [0, 0.1) is 0 Å². The molecule has 10 rings (SSSR count). The van der Waals surface area contributed by atoms with Crippen LogP contribution in [0.1, 0.15) is 45.9 Å². The fourth-order valence-electron chi connectivity index (χ4n) is 8.28. The van der Waals surface area contributed by atoms with Gasteiger partial charge in [0.25, 0.3) is 0 Å². The molecule has 59 heavy (non-hydrogen) atoms. The normalized spacial score (nSPS) is 12.3. The van der Waals surface area contributed by atoms with Crippen molar-refractivity contribution in [3.8, 4) is 44.5 Å². The second-order valence-electron chi connectivity index (χ2n) is 15.5. The Morgan fingerprint density at radius 1 is 0.627 bits per heavy atom. The van der Waals surface area contributed by atoms with Gasteiger partial charge in [0.15, 0.2) is 0 Å². The van der Waals surface area contributed by atoms with Gasteiger partial charge in [-0.15, -0.1) is 0 Å². The Labute approximate surface area is 345 Å². The van der Waals surface area contributed by atoms with Gasteiger partial charge in [-0.3, -0.25) is 4.98 Å². The first-order chi connectivity index (χ1) is 28.8. The first-order valence-corrected chi connectivity index (χ1v) is 20.1. The number of hydrogen-bond acceptors (Lipinski definition) is 4. The van der Waals surface area contributed by atoms with Gasteiger partial charge >= 0.3 is 5.97 Å². The molecule has 6 aromatic carbocycles. The Bertz CT molecular complexity index is 2960. The van der Waals surface area contributed by atoms with Gasteiger partial charge < -0.3 is 19.6 Å². The second-order valence-corrected chi connectivity index (χ2v) is 15.5. The van der Waals surface area contributed by atoms with E-state index in [1.165, 1.54) is 67.9 Å². The van der Waals surface area contributed by atoms with E-state index in [9.17, 15) is 4.79 Å². The van der Waals surface area contributed by atoms with E-state index in [4.69, 9.17) is 15.5 Å². The van der Waals surface area contributed by atoms with Gasteiger partial charge in [0.2, 0.25) is 0 Å². The highest BCUT2D eigenvalue weighted by molar-refractivity contribution is 5.98. The summed E-state index contributed by atoms with van der Waals surface area (Å²) in [6, 6.07) is 53.0. The van der Waals surface area contributed by atoms with E-state index < -0.39 is 0 Å². The van der Waals surface area contributed by atoms with E-state index in [1.54, 1.807) is 0 Å². The maximum atomic E-state index is 12.6. The summed E-state index contributed by atoms with van der Waals surface area (Å²) in [6.45, 7) is 0. The molecule has 0 saturated heterocycles. The molecule has 290 valence electrons. The SMILES string of the molecule is COC(=O)c1cc(C2CC2)cnc1Cc1cc(-c2cccc(-c3ccccc3)c2)c2c(ccn2C)c1.Cn1ccc2cc(N)cc(-c3cccc(-c4ccccc4)c3)c21. The lowest BCUT2D eigenvalue weighted by molar-refractivity contribution is 0.0599. The molecule has 6 nitrogen and oxygen atoms in total. The molecule has 0 bridgehead atoms. The third kappa shape index (κ3) is 7.77. The van der Waals surface area contributed by atoms with Crippen LogP contribution in [0.25, 0.3) is 66.3 Å². The van der Waals surface area contributed by atoms with Gasteiger partial charge in [0.05, 0.1) is 29.4 Å². The highest BCUT2D eigenvalue weighted by atomic mass is 16.5. The van der Waals surface area contributed by atoms with Gasteiger partial charge in [-0.2, -0.15) is 0 Å². The molecule has 1 aliphatic carbocycles. The number of aromatic nitrogens is 3. The summed E-state index contributed by atoms with van der Waals surface area (Å²) in [7, 11) is 5.59. The van der Waals surface area contributed by atoms with Crippen molar-refractivity contribution in [2.75, 3.05) is 12.8 Å². The molecule has 1 saturated carbocycles. The Balaban J connectivity index is 0.000000168. The molecule has 3 aromatic heterocycles. The van der Waals surface area contributed by atoms with Crippen LogP contribution >= 0.6 is 0 Å². The monoisotopic (exact) mass is 770 g/mol. The quantitative estimate of drug-likeness (QED) is 0.123. The molecule has 1 aliphatic rings. The molecular weight excluding hydrogens is 725 g/mol. The van der Waals surface area contributed by atoms with Crippen LogP contribution in [-0.4, -0.2) is 27.2 Å². The molecule has 0 atom stereocenters. The number of hydrogen-bond donors (Lipinski definition) is 1. The van der Waals surface area contributed by atoms with Gasteiger partial charge in [-0.1, -0.05) is 97.1 Å². The second kappa shape index (κ2) is 16.0. The third-order valence-electron chi connectivity index (χ3n) is 11.4. The summed E-state index contributed by atoms with van der Waals surface area (Å²) in [5.74, 6) is 0.204. The number of methoxy groups -OCH3 is 1. The first-order valence-electron chi connectivity index (χ1n) is 20.1. The first kappa shape index (κ1) is 37.4. The van der Waals surface area contributed by atoms with Crippen molar-refractivity contribution < 1.29 is 9.53 Å². The van der Waals surface area contributed by atoms with E-state index in [1.807, 2.05) is 30.5 Å². The number of nitrogens with two attached hydrogens (primary N) is 1. The van der Waals surface area contributed by atoms with E-state index in [0.717, 1.165) is 40.9 Å². The lowest BCUT2D eigenvalue weighted by atomic mass is 9.94. The number of carbonyl (C=O) groups excluding carboxylic acids is 1. The Morgan fingerprint density at radius 3 is 1.71 bits per heavy atom. The standard InChI is InChI=1S/C32H28N2O2.C21H18N2/c1-34-14-13-26-15-21(17-30-29(32(35)36-2)19-27(20-33-30)23-11-12-23)16-28(31(26)34)25-10-6-9-24(18-25)22-7-4-3-5-8-22;1-23-11-10-18-13-19(22)14-20(21(18)23)17-9-5-8-16(12-17)15-6-3-2-4-7-15/h3-10,13-16,18-20,23H,11-12,17H2,1-2H3;2-14H,22H2,1H3. The molecule has 0 radical (unpaired) electrons. The summed E-state index contributed by atoms with van der Waals surface area (Å²) in [6.07, 6.45) is 9.00. The summed E-state index contributed by atoms with van der Waals surface area (Å²) in [4.78, 5) is 17.4. The summed E-state index contributed by atoms with van der Waals surface area (Å²) < 4.78 is 9.43. The van der Waals surface area contributed by atoms with E-state index in [2.05, 4.69) is 163 Å². The van der Waals surface area contributed by atoms with E-state index in [-0.39, 0.29) is 5.97 Å². The van der Waals surface area contributed by atoms with Crippen LogP contribution in [0.5, 0.6) is 0 Å². The predicted molar refractivity (Wildman–Crippen MR) is 242 cm³/mol. The summed E-state index contributed by atoms with van der Waals surface area (Å²) >= 11 is 0. The van der Waals surface area contributed by atoms with Crippen molar-refractivity contribution in [3.63, 3.8) is 0 Å². The van der Waals surface area contributed by atoms with Crippen LogP contribution in [0.4, 0.5) is 5.69 Å². The zero-order valence-electron chi connectivity index (χ0n) is 33.6. The number of anilines is 1. The zero-order chi connectivity index (χ0) is 40.5. The fourth-order valence-corrected chi connectivity index (χ4v) is 8.28. The van der Waals surface area contributed by atoms with E-state index in [0.29, 0.717) is 17.9 Å². The number of pyridine rings is 1. The number of nitrogens with zero attached hydrogens (tertiary/aromatic N) is 3. The van der Waals surface area contributed by atoms with Gasteiger partial charge in [-0.25, -0.2) is 4.79 Å². The minimum Gasteiger partial charge on any atom is -0.465 e. The average molecular weight is 771 g/mol. The number of benzene rings is 6. The van der Waals surface area contributed by atoms with Crippen LogP contribution in [-0.2, 0) is 25.3 Å². The minimum absolute atomic E-state index is 0.323. The highest BCUT2D eigenvalue weighted by Gasteiger charge is 2.26.